The highest BCUT2D eigenvalue weighted by atomic mass is 19.3. The monoisotopic (exact) mass is 725 g/mol. The Balaban J connectivity index is 1.54. The number of hydrogen-bond donors (Lipinski definition) is 4. The van der Waals surface area contributed by atoms with Gasteiger partial charge >= 0.3 is 0 Å². The molecule has 0 radical (unpaired) electrons. The molecule has 1 saturated heterocycles. The minimum Gasteiger partial charge on any atom is -0.344 e. The van der Waals surface area contributed by atoms with Crippen molar-refractivity contribution in [2.24, 2.45) is 23.2 Å². The van der Waals surface area contributed by atoms with Crippen LogP contribution >= 0.6 is 0 Å². The molecular formula is C37H49F2N7O6. The van der Waals surface area contributed by atoms with Gasteiger partial charge in [0.2, 0.25) is 29.9 Å². The van der Waals surface area contributed by atoms with Crippen molar-refractivity contribution in [2.45, 2.75) is 104 Å². The fraction of sp³-hybridized carbons (Fsp3) is 0.568. The molecule has 2 heterocycles. The molecule has 4 rings (SSSR count). The smallest absolute Gasteiger partial charge is 0.290 e. The van der Waals surface area contributed by atoms with Crippen LogP contribution in [0.2, 0.25) is 0 Å². The Kier molecular flexibility index (Phi) is 13.2. The lowest BCUT2D eigenvalue weighted by Gasteiger charge is -2.37. The van der Waals surface area contributed by atoms with Gasteiger partial charge in [0.25, 0.3) is 11.8 Å². The second-order valence-electron chi connectivity index (χ2n) is 15.0. The molecule has 1 aromatic carbocycles. The van der Waals surface area contributed by atoms with E-state index < -0.39 is 89.7 Å². The third-order valence-corrected chi connectivity index (χ3v) is 9.79. The number of aromatic nitrogens is 2. The van der Waals surface area contributed by atoms with Crippen LogP contribution in [0.1, 0.15) is 89.3 Å². The number of likely N-dealkylation sites (tertiary alicyclic amines) is 1. The number of hydrogen-bond acceptors (Lipinski definition) is 8. The van der Waals surface area contributed by atoms with Gasteiger partial charge in [-0.05, 0) is 48.5 Å². The van der Waals surface area contributed by atoms with Crippen molar-refractivity contribution in [1.29, 1.82) is 0 Å². The molecule has 2 fully saturated rings. The number of alkyl halides is 2. The van der Waals surface area contributed by atoms with Crippen LogP contribution in [-0.2, 0) is 24.0 Å². The lowest BCUT2D eigenvalue weighted by Crippen LogP contribution is -2.62. The fourth-order valence-corrected chi connectivity index (χ4v) is 7.00. The molecule has 1 aliphatic heterocycles. The van der Waals surface area contributed by atoms with Crippen LogP contribution in [-0.4, -0.2) is 87.3 Å². The van der Waals surface area contributed by atoms with Gasteiger partial charge in [0.05, 0.1) is 12.2 Å². The van der Waals surface area contributed by atoms with E-state index in [4.69, 9.17) is 0 Å². The summed E-state index contributed by atoms with van der Waals surface area (Å²) in [7, 11) is 0. The number of carbonyl (C=O) groups is 6. The van der Waals surface area contributed by atoms with Crippen LogP contribution in [0.15, 0.2) is 48.9 Å². The van der Waals surface area contributed by atoms with E-state index in [0.717, 1.165) is 12.8 Å². The molecule has 1 aliphatic carbocycles. The number of ketones is 1. The summed E-state index contributed by atoms with van der Waals surface area (Å²) in [5, 5.41) is 10.4. The Morgan fingerprint density at radius 3 is 2.21 bits per heavy atom. The molecule has 1 aromatic heterocycles. The van der Waals surface area contributed by atoms with Gasteiger partial charge in [-0.3, -0.25) is 33.8 Å². The molecule has 282 valence electrons. The number of fused-ring (bicyclic) bond motifs is 1. The van der Waals surface area contributed by atoms with E-state index in [9.17, 15) is 37.5 Å². The van der Waals surface area contributed by atoms with E-state index >= 15 is 0 Å². The summed E-state index contributed by atoms with van der Waals surface area (Å²) >= 11 is 0. The molecule has 13 nitrogen and oxygen atoms in total. The highest BCUT2D eigenvalue weighted by molar-refractivity contribution is 6.38. The molecule has 15 heteroatoms. The van der Waals surface area contributed by atoms with Crippen LogP contribution in [0.5, 0.6) is 0 Å². The third-order valence-electron chi connectivity index (χ3n) is 9.79. The molecular weight excluding hydrogens is 676 g/mol. The minimum absolute atomic E-state index is 0.00803. The van der Waals surface area contributed by atoms with E-state index in [1.165, 1.54) is 23.5 Å². The Labute approximate surface area is 302 Å². The maximum absolute atomic E-state index is 14.4. The first-order valence-corrected chi connectivity index (χ1v) is 17.7. The summed E-state index contributed by atoms with van der Waals surface area (Å²) in [6, 6.07) is 2.98. The summed E-state index contributed by atoms with van der Waals surface area (Å²) < 4.78 is 27.5. The summed E-state index contributed by atoms with van der Waals surface area (Å²) in [6.07, 6.45) is 2.02. The Hall–Kier alpha value is -4.82. The summed E-state index contributed by atoms with van der Waals surface area (Å²) in [5.74, 6) is -5.75. The highest BCUT2D eigenvalue weighted by Gasteiger charge is 2.52. The second-order valence-corrected chi connectivity index (χ2v) is 15.0. The van der Waals surface area contributed by atoms with Crippen molar-refractivity contribution in [2.75, 3.05) is 6.54 Å². The van der Waals surface area contributed by atoms with Gasteiger partial charge in [0.1, 0.15) is 29.9 Å². The molecule has 1 saturated carbocycles. The maximum atomic E-state index is 14.4. The zero-order chi connectivity index (χ0) is 38.3. The Bertz CT molecular complexity index is 1600. The molecule has 2 aromatic rings. The molecule has 0 bridgehead atoms. The van der Waals surface area contributed by atoms with E-state index in [-0.39, 0.29) is 24.1 Å². The van der Waals surface area contributed by atoms with Crippen molar-refractivity contribution in [3.8, 4) is 0 Å². The number of nitrogens with zero attached hydrogens (tertiary/aromatic N) is 3. The van der Waals surface area contributed by atoms with Crippen molar-refractivity contribution in [3.63, 3.8) is 0 Å². The van der Waals surface area contributed by atoms with Crippen molar-refractivity contribution in [1.82, 2.24) is 36.1 Å². The number of rotatable bonds is 14. The van der Waals surface area contributed by atoms with Crippen LogP contribution in [0, 0.1) is 23.2 Å². The summed E-state index contributed by atoms with van der Waals surface area (Å²) in [5.41, 5.74) is -0.170. The lowest BCUT2D eigenvalue weighted by molar-refractivity contribution is -0.146. The van der Waals surface area contributed by atoms with Crippen molar-refractivity contribution in [3.05, 3.63) is 60.2 Å². The zero-order valence-electron chi connectivity index (χ0n) is 30.4. The molecule has 2 aliphatic rings. The Morgan fingerprint density at radius 1 is 0.923 bits per heavy atom. The summed E-state index contributed by atoms with van der Waals surface area (Å²) in [6.45, 7) is 10.5. The number of carbonyl (C=O) groups excluding carboxylic acids is 6. The van der Waals surface area contributed by atoms with Crippen LogP contribution in [0.4, 0.5) is 8.78 Å². The SMILES string of the molecule is CC(C)[C@H](NC(=O)c1cnccn1)C(=O)N[C@H](C(=O)N1C[C@@H]2CCC[C@@H]2[C@H]1C(=O)N[C@@H](CC(F)F)C(=O)C(=O)N[C@@H](C)c1ccccc1)C(C)(C)C. The first-order chi connectivity index (χ1) is 24.5. The summed E-state index contributed by atoms with van der Waals surface area (Å²) in [4.78, 5) is 90.5. The molecule has 0 unspecified atom stereocenters. The van der Waals surface area contributed by atoms with Crippen LogP contribution in [0.3, 0.4) is 0 Å². The predicted octanol–water partition coefficient (Wildman–Crippen LogP) is 2.98. The number of benzene rings is 1. The van der Waals surface area contributed by atoms with Crippen LogP contribution < -0.4 is 21.3 Å². The largest absolute Gasteiger partial charge is 0.344 e. The molecule has 0 spiro atoms. The quantitative estimate of drug-likeness (QED) is 0.215. The topological polar surface area (TPSA) is 180 Å². The minimum atomic E-state index is -3.02. The zero-order valence-corrected chi connectivity index (χ0v) is 30.4. The van der Waals surface area contributed by atoms with Gasteiger partial charge in [0, 0.05) is 25.4 Å². The van der Waals surface area contributed by atoms with Crippen molar-refractivity contribution < 1.29 is 37.5 Å². The van der Waals surface area contributed by atoms with E-state index in [1.54, 1.807) is 71.9 Å². The number of halogens is 2. The van der Waals surface area contributed by atoms with Gasteiger partial charge in [-0.15, -0.1) is 0 Å². The highest BCUT2D eigenvalue weighted by Crippen LogP contribution is 2.43. The first-order valence-electron chi connectivity index (χ1n) is 17.7. The van der Waals surface area contributed by atoms with Gasteiger partial charge in [-0.1, -0.05) is 71.4 Å². The normalized spacial score (nSPS) is 20.7. The molecule has 52 heavy (non-hydrogen) atoms. The Morgan fingerprint density at radius 2 is 1.62 bits per heavy atom. The van der Waals surface area contributed by atoms with E-state index in [1.807, 2.05) is 0 Å². The predicted molar refractivity (Wildman–Crippen MR) is 186 cm³/mol. The molecule has 5 amide bonds. The van der Waals surface area contributed by atoms with Crippen molar-refractivity contribution >= 4 is 35.3 Å². The number of amides is 5. The second kappa shape index (κ2) is 17.1. The first kappa shape index (κ1) is 40.0. The average Bonchev–Trinajstić information content (AvgIpc) is 3.70. The van der Waals surface area contributed by atoms with Gasteiger partial charge < -0.3 is 26.2 Å². The number of nitrogens with one attached hydrogen (secondary N) is 4. The van der Waals surface area contributed by atoms with Gasteiger partial charge in [-0.25, -0.2) is 13.8 Å². The fourth-order valence-electron chi connectivity index (χ4n) is 7.00. The third kappa shape index (κ3) is 9.73. The van der Waals surface area contributed by atoms with Gasteiger partial charge in [0.15, 0.2) is 0 Å². The number of Topliss-reactive ketones (excluding diaryl/α,β-unsaturated/α-hetero) is 1. The van der Waals surface area contributed by atoms with E-state index in [2.05, 4.69) is 31.2 Å². The average molecular weight is 726 g/mol. The van der Waals surface area contributed by atoms with Crippen LogP contribution in [0.25, 0.3) is 0 Å². The van der Waals surface area contributed by atoms with Gasteiger partial charge in [-0.2, -0.15) is 0 Å². The maximum Gasteiger partial charge on any atom is 0.290 e. The lowest BCUT2D eigenvalue weighted by atomic mass is 9.85. The molecule has 7 atom stereocenters. The standard InChI is InChI=1S/C37H49F2N7O6/c1-20(2)28(44-32(48)26-18-40-15-16-41-26)33(49)45-31(37(4,5)6)36(52)46-19-23-13-10-14-24(23)29(46)34(50)43-25(17-27(38)39)30(47)35(51)42-21(3)22-11-8-7-9-12-22/h7-9,11-12,15-16,18,20-21,23-25,27-29,31H,10,13-14,17,19H2,1-6H3,(H,42,51)(H,43,50)(H,44,48)(H,45,49)/t21-,23-,24-,25-,28-,29-,31+/m0/s1. The molecule has 4 N–H and O–H groups in total. The van der Waals surface area contributed by atoms with E-state index in [0.29, 0.717) is 12.0 Å².